The third kappa shape index (κ3) is 4.73. The van der Waals surface area contributed by atoms with Crippen molar-refractivity contribution in [3.05, 3.63) is 101 Å². The highest BCUT2D eigenvalue weighted by molar-refractivity contribution is 5.94. The van der Waals surface area contributed by atoms with Crippen LogP contribution in [-0.2, 0) is 4.79 Å². The van der Waals surface area contributed by atoms with Gasteiger partial charge in [0.05, 0.1) is 6.04 Å². The quantitative estimate of drug-likeness (QED) is 0.325. The Morgan fingerprint density at radius 2 is 1.68 bits per heavy atom. The van der Waals surface area contributed by atoms with Gasteiger partial charge in [-0.3, -0.25) is 14.8 Å². The van der Waals surface area contributed by atoms with Crippen LogP contribution in [-0.4, -0.2) is 23.8 Å². The van der Waals surface area contributed by atoms with Crippen LogP contribution in [0.25, 0.3) is 6.08 Å². The van der Waals surface area contributed by atoms with E-state index in [2.05, 4.69) is 5.32 Å². The molecule has 0 saturated heterocycles. The van der Waals surface area contributed by atoms with Gasteiger partial charge in [0.1, 0.15) is 0 Å². The Morgan fingerprint density at radius 1 is 0.903 bits per heavy atom. The largest absolute Gasteiger partial charge is 0.454 e. The second kappa shape index (κ2) is 9.15. The zero-order valence-corrected chi connectivity index (χ0v) is 16.4. The summed E-state index contributed by atoms with van der Waals surface area (Å²) in [6, 6.07) is 21.4. The van der Waals surface area contributed by atoms with Crippen LogP contribution in [0.5, 0.6) is 11.5 Å². The van der Waals surface area contributed by atoms with Crippen molar-refractivity contribution in [3.63, 3.8) is 0 Å². The number of hydrogen-bond acceptors (Lipinski definition) is 5. The minimum absolute atomic E-state index is 0.160. The maximum atomic E-state index is 12.9. The van der Waals surface area contributed by atoms with Crippen LogP contribution < -0.4 is 20.3 Å². The summed E-state index contributed by atoms with van der Waals surface area (Å²) in [5.41, 5.74) is 4.48. The van der Waals surface area contributed by atoms with Gasteiger partial charge in [-0.05, 0) is 53.1 Å². The Kier molecular flexibility index (Phi) is 5.96. The van der Waals surface area contributed by atoms with Gasteiger partial charge in [0, 0.05) is 11.6 Å². The SMILES string of the molecule is O=C(/C=C/c1cccc(C(NC(=O)c2ccccc2)c2ccc3c(c2)OCO3)c1)NO. The Morgan fingerprint density at radius 3 is 2.48 bits per heavy atom. The van der Waals surface area contributed by atoms with Gasteiger partial charge in [0.15, 0.2) is 11.5 Å². The highest BCUT2D eigenvalue weighted by atomic mass is 16.7. The van der Waals surface area contributed by atoms with E-state index < -0.39 is 11.9 Å². The Bertz CT molecular complexity index is 1130. The molecule has 2 amide bonds. The van der Waals surface area contributed by atoms with Gasteiger partial charge in [0.25, 0.3) is 11.8 Å². The number of hydroxylamine groups is 1. The van der Waals surface area contributed by atoms with Gasteiger partial charge in [0.2, 0.25) is 6.79 Å². The van der Waals surface area contributed by atoms with E-state index in [9.17, 15) is 9.59 Å². The van der Waals surface area contributed by atoms with Crippen LogP contribution in [0.1, 0.15) is 33.1 Å². The second-order valence-corrected chi connectivity index (χ2v) is 6.86. The fraction of sp³-hybridized carbons (Fsp3) is 0.0833. The number of fused-ring (bicyclic) bond motifs is 1. The van der Waals surface area contributed by atoms with Crippen molar-refractivity contribution in [3.8, 4) is 11.5 Å². The number of benzene rings is 3. The van der Waals surface area contributed by atoms with Crippen LogP contribution in [0.2, 0.25) is 0 Å². The molecule has 0 aliphatic carbocycles. The first kappa shape index (κ1) is 20.2. The number of carbonyl (C=O) groups is 2. The maximum absolute atomic E-state index is 12.9. The van der Waals surface area contributed by atoms with Crippen LogP contribution >= 0.6 is 0 Å². The van der Waals surface area contributed by atoms with E-state index in [1.807, 2.05) is 60.7 Å². The fourth-order valence-electron chi connectivity index (χ4n) is 3.31. The first-order valence-electron chi connectivity index (χ1n) is 9.61. The van der Waals surface area contributed by atoms with E-state index in [0.717, 1.165) is 16.7 Å². The van der Waals surface area contributed by atoms with Crippen LogP contribution in [0.15, 0.2) is 78.9 Å². The number of carbonyl (C=O) groups excluding carboxylic acids is 2. The molecule has 0 fully saturated rings. The average molecular weight is 416 g/mol. The summed E-state index contributed by atoms with van der Waals surface area (Å²) >= 11 is 0. The zero-order chi connectivity index (χ0) is 21.6. The minimum Gasteiger partial charge on any atom is -0.454 e. The molecule has 7 nitrogen and oxygen atoms in total. The molecule has 0 aromatic heterocycles. The van der Waals surface area contributed by atoms with E-state index in [-0.39, 0.29) is 12.7 Å². The molecule has 0 bridgehead atoms. The normalized spacial score (nSPS) is 13.1. The highest BCUT2D eigenvalue weighted by Gasteiger charge is 2.22. The zero-order valence-electron chi connectivity index (χ0n) is 16.4. The van der Waals surface area contributed by atoms with E-state index in [1.165, 1.54) is 6.08 Å². The lowest BCUT2D eigenvalue weighted by molar-refractivity contribution is -0.124. The second-order valence-electron chi connectivity index (χ2n) is 6.86. The Labute approximate surface area is 178 Å². The van der Waals surface area contributed by atoms with Crippen molar-refractivity contribution in [2.75, 3.05) is 6.79 Å². The molecule has 1 aliphatic heterocycles. The predicted octanol–water partition coefficient (Wildman–Crippen LogP) is 3.45. The number of amides is 2. The van der Waals surface area contributed by atoms with Gasteiger partial charge in [-0.25, -0.2) is 5.48 Å². The van der Waals surface area contributed by atoms with Crippen molar-refractivity contribution in [2.24, 2.45) is 0 Å². The molecule has 4 rings (SSSR count). The van der Waals surface area contributed by atoms with Crippen LogP contribution in [0, 0.1) is 0 Å². The van der Waals surface area contributed by atoms with Crippen LogP contribution in [0.4, 0.5) is 0 Å². The van der Waals surface area contributed by atoms with Crippen molar-refractivity contribution in [2.45, 2.75) is 6.04 Å². The number of hydrogen-bond donors (Lipinski definition) is 3. The van der Waals surface area contributed by atoms with Crippen molar-refractivity contribution < 1.29 is 24.3 Å². The monoisotopic (exact) mass is 416 g/mol. The summed E-state index contributed by atoms with van der Waals surface area (Å²) in [7, 11) is 0. The third-order valence-corrected chi connectivity index (χ3v) is 4.82. The van der Waals surface area contributed by atoms with Gasteiger partial charge in [-0.1, -0.05) is 42.5 Å². The number of nitrogens with one attached hydrogen (secondary N) is 2. The smallest absolute Gasteiger partial charge is 0.267 e. The summed E-state index contributed by atoms with van der Waals surface area (Å²) in [6.45, 7) is 0.160. The topological polar surface area (TPSA) is 96.9 Å². The molecular weight excluding hydrogens is 396 g/mol. The van der Waals surface area contributed by atoms with Crippen molar-refractivity contribution >= 4 is 17.9 Å². The summed E-state index contributed by atoms with van der Waals surface area (Å²) in [5, 5.41) is 11.7. The fourth-order valence-corrected chi connectivity index (χ4v) is 3.31. The molecular formula is C24H20N2O5. The maximum Gasteiger partial charge on any atom is 0.267 e. The van der Waals surface area contributed by atoms with E-state index in [4.69, 9.17) is 14.7 Å². The summed E-state index contributed by atoms with van der Waals surface area (Å²) < 4.78 is 10.9. The van der Waals surface area contributed by atoms with Crippen molar-refractivity contribution in [1.82, 2.24) is 10.8 Å². The lowest BCUT2D eigenvalue weighted by atomic mass is 9.96. The molecule has 7 heteroatoms. The van der Waals surface area contributed by atoms with Gasteiger partial charge in [-0.2, -0.15) is 0 Å². The predicted molar refractivity (Wildman–Crippen MR) is 114 cm³/mol. The molecule has 156 valence electrons. The molecule has 1 heterocycles. The first-order valence-corrected chi connectivity index (χ1v) is 9.61. The first-order chi connectivity index (χ1) is 15.1. The summed E-state index contributed by atoms with van der Waals surface area (Å²) in [4.78, 5) is 24.2. The number of ether oxygens (including phenoxy) is 2. The van der Waals surface area contributed by atoms with E-state index in [0.29, 0.717) is 17.1 Å². The molecule has 0 radical (unpaired) electrons. The molecule has 0 saturated carbocycles. The molecule has 1 atom stereocenters. The molecule has 0 spiro atoms. The van der Waals surface area contributed by atoms with E-state index >= 15 is 0 Å². The molecule has 3 N–H and O–H groups in total. The van der Waals surface area contributed by atoms with Gasteiger partial charge >= 0.3 is 0 Å². The molecule has 3 aromatic carbocycles. The molecule has 31 heavy (non-hydrogen) atoms. The average Bonchev–Trinajstić information content (AvgIpc) is 3.29. The molecule has 1 unspecified atom stereocenters. The Hall–Kier alpha value is -4.10. The van der Waals surface area contributed by atoms with Crippen LogP contribution in [0.3, 0.4) is 0 Å². The van der Waals surface area contributed by atoms with Gasteiger partial charge in [-0.15, -0.1) is 0 Å². The molecule has 3 aromatic rings. The van der Waals surface area contributed by atoms with Crippen molar-refractivity contribution in [1.29, 1.82) is 0 Å². The standard InChI is InChI=1S/C24H20N2O5/c27-22(26-29)12-9-16-5-4-8-18(13-16)23(25-24(28)17-6-2-1-3-7-17)19-10-11-20-21(14-19)31-15-30-20/h1-14,23,29H,15H2,(H,25,28)(H,26,27)/b12-9+. The highest BCUT2D eigenvalue weighted by Crippen LogP contribution is 2.36. The minimum atomic E-state index is -0.630. The lowest BCUT2D eigenvalue weighted by Gasteiger charge is -2.21. The lowest BCUT2D eigenvalue weighted by Crippen LogP contribution is -2.29. The van der Waals surface area contributed by atoms with E-state index in [1.54, 1.807) is 23.7 Å². The van der Waals surface area contributed by atoms with Gasteiger partial charge < -0.3 is 14.8 Å². The molecule has 1 aliphatic rings. The summed E-state index contributed by atoms with van der Waals surface area (Å²) in [6.07, 6.45) is 2.79. The Balaban J connectivity index is 1.69. The number of rotatable bonds is 6. The summed E-state index contributed by atoms with van der Waals surface area (Å²) in [5.74, 6) is 0.426. The third-order valence-electron chi connectivity index (χ3n) is 4.82.